The smallest absolute Gasteiger partial charge is 0.266 e. The van der Waals surface area contributed by atoms with E-state index in [-0.39, 0.29) is 4.34 Å². The maximum Gasteiger partial charge on any atom is 0.266 e. The molecule has 1 heterocycles. The first-order valence-corrected chi connectivity index (χ1v) is 5.71. The Morgan fingerprint density at radius 3 is 2.44 bits per heavy atom. The van der Waals surface area contributed by atoms with Gasteiger partial charge in [0.25, 0.3) is 5.56 Å². The molecule has 0 aliphatic rings. The second-order valence-corrected chi connectivity index (χ2v) is 4.83. The molecule has 8 heteroatoms. The van der Waals surface area contributed by atoms with E-state index in [9.17, 15) is 18.0 Å². The molecule has 0 fully saturated rings. The van der Waals surface area contributed by atoms with Crippen LogP contribution in [0.5, 0.6) is 5.75 Å². The summed E-state index contributed by atoms with van der Waals surface area (Å²) in [7, 11) is 1.01. The normalized spacial score (nSPS) is 10.7. The third kappa shape index (κ3) is 1.99. The molecule has 0 unspecified atom stereocenters. The number of methoxy groups -OCH3 is 1. The van der Waals surface area contributed by atoms with Crippen LogP contribution in [0.4, 0.5) is 13.2 Å². The zero-order valence-electron chi connectivity index (χ0n) is 8.84. The van der Waals surface area contributed by atoms with Gasteiger partial charge in [-0.25, -0.2) is 12.7 Å². The highest BCUT2D eigenvalue weighted by Gasteiger charge is 2.22. The number of aromatic nitrogens is 1. The zero-order valence-corrected chi connectivity index (χ0v) is 10.4. The summed E-state index contributed by atoms with van der Waals surface area (Å²) in [6.07, 6.45) is 0. The summed E-state index contributed by atoms with van der Waals surface area (Å²) in [5, 5.41) is 0. The van der Waals surface area contributed by atoms with Gasteiger partial charge in [0.05, 0.1) is 7.11 Å². The summed E-state index contributed by atoms with van der Waals surface area (Å²) in [6.45, 7) is 0. The molecule has 2 aromatic rings. The minimum atomic E-state index is -1.50. The van der Waals surface area contributed by atoms with E-state index in [4.69, 9.17) is 11.6 Å². The van der Waals surface area contributed by atoms with E-state index in [0.717, 1.165) is 17.1 Å². The number of hydrogen-bond donors (Lipinski definition) is 0. The average molecular weight is 296 g/mol. The fourth-order valence-corrected chi connectivity index (χ4v) is 2.39. The maximum absolute atomic E-state index is 13.7. The largest absolute Gasteiger partial charge is 0.491 e. The molecule has 0 saturated heterocycles. The predicted molar refractivity (Wildman–Crippen MR) is 61.4 cm³/mol. The van der Waals surface area contributed by atoms with Gasteiger partial charge in [0.1, 0.15) is 10.0 Å². The number of rotatable bonds is 2. The molecule has 0 amide bonds. The highest BCUT2D eigenvalue weighted by atomic mass is 35.5. The van der Waals surface area contributed by atoms with E-state index in [0.29, 0.717) is 17.6 Å². The number of ether oxygens (including phenoxy) is 1. The molecule has 0 aliphatic carbocycles. The van der Waals surface area contributed by atoms with Gasteiger partial charge in [-0.1, -0.05) is 11.6 Å². The van der Waals surface area contributed by atoms with Crippen molar-refractivity contribution in [2.75, 3.05) is 7.11 Å². The molecule has 96 valence electrons. The van der Waals surface area contributed by atoms with Gasteiger partial charge in [0, 0.05) is 12.1 Å². The molecule has 0 N–H and O–H groups in total. The third-order valence-corrected chi connectivity index (χ3v) is 3.30. The lowest BCUT2D eigenvalue weighted by molar-refractivity contribution is 0.346. The zero-order chi connectivity index (χ0) is 13.4. The molecule has 1 aromatic carbocycles. The Bertz CT molecular complexity index is 668. The van der Waals surface area contributed by atoms with Crippen LogP contribution in [0.15, 0.2) is 16.9 Å². The summed E-state index contributed by atoms with van der Waals surface area (Å²) < 4.78 is 45.8. The van der Waals surface area contributed by atoms with Crippen LogP contribution in [0.1, 0.15) is 0 Å². The van der Waals surface area contributed by atoms with E-state index in [1.165, 1.54) is 0 Å². The van der Waals surface area contributed by atoms with Gasteiger partial charge < -0.3 is 4.74 Å². The van der Waals surface area contributed by atoms with Crippen molar-refractivity contribution < 1.29 is 17.9 Å². The van der Waals surface area contributed by atoms with E-state index >= 15 is 0 Å². The van der Waals surface area contributed by atoms with Crippen molar-refractivity contribution in [1.82, 2.24) is 3.96 Å². The van der Waals surface area contributed by atoms with Gasteiger partial charge >= 0.3 is 0 Å². The Labute approximate surface area is 108 Å². The van der Waals surface area contributed by atoms with Crippen molar-refractivity contribution >= 4 is 23.1 Å². The molecule has 0 saturated carbocycles. The number of halogens is 4. The standard InChI is InChI=1S/C10H5ClF3NO2S/c1-17-10-4(12)2-5(8(13)9(10)14)15-7(16)3-6(11)18-15/h2-3H,1H3. The first-order valence-electron chi connectivity index (χ1n) is 4.56. The fourth-order valence-electron chi connectivity index (χ4n) is 1.38. The Hall–Kier alpha value is -1.47. The van der Waals surface area contributed by atoms with Gasteiger partial charge in [-0.15, -0.1) is 0 Å². The van der Waals surface area contributed by atoms with Crippen LogP contribution < -0.4 is 10.3 Å². The molecule has 3 nitrogen and oxygen atoms in total. The summed E-state index contributed by atoms with van der Waals surface area (Å²) in [5.41, 5.74) is -1.22. The van der Waals surface area contributed by atoms with Crippen molar-refractivity contribution in [2.24, 2.45) is 0 Å². The summed E-state index contributed by atoms with van der Waals surface area (Å²) >= 11 is 6.24. The van der Waals surface area contributed by atoms with Crippen LogP contribution in [0.3, 0.4) is 0 Å². The van der Waals surface area contributed by atoms with Crippen LogP contribution in [0.2, 0.25) is 4.34 Å². The number of benzene rings is 1. The lowest BCUT2D eigenvalue weighted by Crippen LogP contribution is -2.13. The van der Waals surface area contributed by atoms with Crippen molar-refractivity contribution in [3.05, 3.63) is 44.3 Å². The second kappa shape index (κ2) is 4.66. The molecule has 0 atom stereocenters. The van der Waals surface area contributed by atoms with Crippen LogP contribution in [0, 0.1) is 17.5 Å². The Kier molecular flexibility index (Phi) is 3.36. The molecular formula is C10H5ClF3NO2S. The Morgan fingerprint density at radius 2 is 1.94 bits per heavy atom. The highest BCUT2D eigenvalue weighted by molar-refractivity contribution is 7.11. The van der Waals surface area contributed by atoms with Crippen LogP contribution in [-0.4, -0.2) is 11.1 Å². The molecule has 0 bridgehead atoms. The molecule has 0 spiro atoms. The predicted octanol–water partition coefficient (Wildman–Crippen LogP) is 2.98. The van der Waals surface area contributed by atoms with Crippen LogP contribution in [-0.2, 0) is 0 Å². The van der Waals surface area contributed by atoms with Gasteiger partial charge in [0.15, 0.2) is 17.4 Å². The van der Waals surface area contributed by atoms with Crippen LogP contribution in [0.25, 0.3) is 5.69 Å². The van der Waals surface area contributed by atoms with Gasteiger partial charge in [-0.05, 0) is 11.5 Å². The minimum absolute atomic E-state index is 0.0797. The van der Waals surface area contributed by atoms with Crippen molar-refractivity contribution in [3.63, 3.8) is 0 Å². The van der Waals surface area contributed by atoms with E-state index in [1.54, 1.807) is 0 Å². The third-order valence-electron chi connectivity index (χ3n) is 2.14. The molecule has 2 rings (SSSR count). The van der Waals surface area contributed by atoms with E-state index in [2.05, 4.69) is 4.74 Å². The second-order valence-electron chi connectivity index (χ2n) is 3.21. The van der Waals surface area contributed by atoms with E-state index < -0.39 is 34.4 Å². The highest BCUT2D eigenvalue weighted by Crippen LogP contribution is 2.29. The van der Waals surface area contributed by atoms with Crippen molar-refractivity contribution in [2.45, 2.75) is 0 Å². The first kappa shape index (κ1) is 13.0. The summed E-state index contributed by atoms with van der Waals surface area (Å²) in [4.78, 5) is 11.4. The molecule has 1 aromatic heterocycles. The summed E-state index contributed by atoms with van der Waals surface area (Å²) in [6, 6.07) is 1.69. The van der Waals surface area contributed by atoms with Crippen molar-refractivity contribution in [3.8, 4) is 11.4 Å². The summed E-state index contributed by atoms with van der Waals surface area (Å²) in [5.74, 6) is -4.83. The monoisotopic (exact) mass is 295 g/mol. The maximum atomic E-state index is 13.7. The SMILES string of the molecule is COc1c(F)cc(-n2sc(Cl)cc2=O)c(F)c1F. The number of hydrogen-bond acceptors (Lipinski definition) is 3. The quantitative estimate of drug-likeness (QED) is 0.798. The lowest BCUT2D eigenvalue weighted by Gasteiger charge is -2.08. The molecular weight excluding hydrogens is 291 g/mol. The molecule has 18 heavy (non-hydrogen) atoms. The van der Waals surface area contributed by atoms with Gasteiger partial charge in [0.2, 0.25) is 5.82 Å². The average Bonchev–Trinajstić information content (AvgIpc) is 2.64. The van der Waals surface area contributed by atoms with Crippen molar-refractivity contribution in [1.29, 1.82) is 0 Å². The van der Waals surface area contributed by atoms with Gasteiger partial charge in [-0.3, -0.25) is 4.79 Å². The Balaban J connectivity index is 2.74. The first-order chi connectivity index (χ1) is 8.45. The van der Waals surface area contributed by atoms with Crippen LogP contribution >= 0.6 is 23.1 Å². The topological polar surface area (TPSA) is 31.2 Å². The lowest BCUT2D eigenvalue weighted by atomic mass is 10.2. The minimum Gasteiger partial charge on any atom is -0.491 e. The fraction of sp³-hybridized carbons (Fsp3) is 0.100. The van der Waals surface area contributed by atoms with Gasteiger partial charge in [-0.2, -0.15) is 4.39 Å². The Morgan fingerprint density at radius 1 is 1.28 bits per heavy atom. The van der Waals surface area contributed by atoms with E-state index in [1.807, 2.05) is 0 Å². The molecule has 0 radical (unpaired) electrons. The molecule has 0 aliphatic heterocycles. The number of nitrogens with zero attached hydrogens (tertiary/aromatic N) is 1.